The Labute approximate surface area is 102 Å². The summed E-state index contributed by atoms with van der Waals surface area (Å²) in [6, 6.07) is -0.0151. The summed E-state index contributed by atoms with van der Waals surface area (Å²) in [5.74, 6) is 0.201. The normalized spacial score (nSPS) is 29.1. The SMILES string of the molecule is CC(C)(C)OC(=O)N1[C@@H]2CCC[C@H]1C(=O)CC2. The Morgan fingerprint density at radius 1 is 1.29 bits per heavy atom. The summed E-state index contributed by atoms with van der Waals surface area (Å²) >= 11 is 0. The third-order valence-corrected chi connectivity index (χ3v) is 3.44. The van der Waals surface area contributed by atoms with Gasteiger partial charge < -0.3 is 4.74 Å². The van der Waals surface area contributed by atoms with Crippen LogP contribution in [0.3, 0.4) is 0 Å². The van der Waals surface area contributed by atoms with E-state index < -0.39 is 5.60 Å². The van der Waals surface area contributed by atoms with E-state index in [0.717, 1.165) is 25.7 Å². The summed E-state index contributed by atoms with van der Waals surface area (Å²) in [7, 11) is 0. The number of rotatable bonds is 0. The first-order chi connectivity index (χ1) is 7.88. The second-order valence-corrected chi connectivity index (χ2v) is 5.99. The van der Waals surface area contributed by atoms with Gasteiger partial charge in [0.2, 0.25) is 0 Å². The van der Waals surface area contributed by atoms with Gasteiger partial charge in [-0.25, -0.2) is 4.79 Å². The first-order valence-corrected chi connectivity index (χ1v) is 6.42. The van der Waals surface area contributed by atoms with Gasteiger partial charge in [0.25, 0.3) is 0 Å². The number of amides is 1. The maximum atomic E-state index is 12.1. The number of hydrogen-bond acceptors (Lipinski definition) is 3. The summed E-state index contributed by atoms with van der Waals surface area (Å²) in [5.41, 5.74) is -0.494. The third-order valence-electron chi connectivity index (χ3n) is 3.44. The highest BCUT2D eigenvalue weighted by Gasteiger charge is 2.43. The third kappa shape index (κ3) is 2.61. The van der Waals surface area contributed by atoms with Crippen molar-refractivity contribution in [3.8, 4) is 0 Å². The lowest BCUT2D eigenvalue weighted by molar-refractivity contribution is -0.131. The van der Waals surface area contributed by atoms with Crippen LogP contribution in [-0.2, 0) is 9.53 Å². The molecule has 2 fully saturated rings. The minimum Gasteiger partial charge on any atom is -0.444 e. The van der Waals surface area contributed by atoms with Gasteiger partial charge in [-0.05, 0) is 46.5 Å². The number of carbonyl (C=O) groups is 2. The highest BCUT2D eigenvalue weighted by atomic mass is 16.6. The van der Waals surface area contributed by atoms with Crippen LogP contribution in [0.1, 0.15) is 52.9 Å². The van der Waals surface area contributed by atoms with Crippen molar-refractivity contribution in [3.63, 3.8) is 0 Å². The second-order valence-electron chi connectivity index (χ2n) is 5.99. The highest BCUT2D eigenvalue weighted by molar-refractivity contribution is 5.89. The zero-order valence-corrected chi connectivity index (χ0v) is 10.9. The summed E-state index contributed by atoms with van der Waals surface area (Å²) in [4.78, 5) is 25.7. The van der Waals surface area contributed by atoms with E-state index in [2.05, 4.69) is 0 Å². The summed E-state index contributed by atoms with van der Waals surface area (Å²) in [5, 5.41) is 0. The molecular weight excluding hydrogens is 218 g/mol. The molecule has 0 aliphatic carbocycles. The molecule has 0 aromatic carbocycles. The molecule has 2 aliphatic rings. The predicted octanol–water partition coefficient (Wildman–Crippen LogP) is 2.51. The van der Waals surface area contributed by atoms with E-state index in [1.165, 1.54) is 0 Å². The molecule has 0 N–H and O–H groups in total. The lowest BCUT2D eigenvalue weighted by atomic mass is 9.84. The number of Topliss-reactive ketones (excluding diaryl/α,β-unsaturated/α-hetero) is 1. The zero-order chi connectivity index (χ0) is 12.6. The molecule has 4 nitrogen and oxygen atoms in total. The van der Waals surface area contributed by atoms with E-state index in [0.29, 0.717) is 6.42 Å². The molecule has 17 heavy (non-hydrogen) atoms. The van der Waals surface area contributed by atoms with Crippen LogP contribution in [0.25, 0.3) is 0 Å². The standard InChI is InChI=1S/C13H21NO3/c1-13(2,3)17-12(16)14-9-5-4-6-10(14)11(15)8-7-9/h9-10H,4-8H2,1-3H3/t9-,10+/m1/s1. The van der Waals surface area contributed by atoms with Crippen molar-refractivity contribution >= 4 is 11.9 Å². The van der Waals surface area contributed by atoms with Crippen LogP contribution >= 0.6 is 0 Å². The number of piperidine rings is 2. The Morgan fingerprint density at radius 2 is 2.00 bits per heavy atom. The monoisotopic (exact) mass is 239 g/mol. The number of nitrogens with zero attached hydrogens (tertiary/aromatic N) is 1. The number of ether oxygens (including phenoxy) is 1. The molecule has 2 bridgehead atoms. The van der Waals surface area contributed by atoms with Gasteiger partial charge in [0.1, 0.15) is 5.60 Å². The fraction of sp³-hybridized carbons (Fsp3) is 0.846. The van der Waals surface area contributed by atoms with Crippen LogP contribution in [0.4, 0.5) is 4.79 Å². The Morgan fingerprint density at radius 3 is 2.65 bits per heavy atom. The second kappa shape index (κ2) is 4.31. The minimum absolute atomic E-state index is 0.201. The average molecular weight is 239 g/mol. The van der Waals surface area contributed by atoms with E-state index in [4.69, 9.17) is 4.74 Å². The largest absolute Gasteiger partial charge is 0.444 e. The fourth-order valence-corrected chi connectivity index (χ4v) is 2.75. The summed E-state index contributed by atoms with van der Waals surface area (Å²) in [6.45, 7) is 5.56. The molecule has 0 spiro atoms. The van der Waals surface area contributed by atoms with Gasteiger partial charge in [0, 0.05) is 12.5 Å². The van der Waals surface area contributed by atoms with Crippen molar-refractivity contribution in [3.05, 3.63) is 0 Å². The van der Waals surface area contributed by atoms with E-state index in [9.17, 15) is 9.59 Å². The molecule has 2 aliphatic heterocycles. The lowest BCUT2D eigenvalue weighted by Gasteiger charge is -2.44. The number of carbonyl (C=O) groups excluding carboxylic acids is 2. The Hall–Kier alpha value is -1.06. The summed E-state index contributed by atoms with van der Waals surface area (Å²) in [6.07, 6.45) is 3.95. The zero-order valence-electron chi connectivity index (χ0n) is 10.9. The average Bonchev–Trinajstić information content (AvgIpc) is 2.21. The maximum absolute atomic E-state index is 12.1. The molecule has 2 atom stereocenters. The van der Waals surface area contributed by atoms with E-state index in [1.807, 2.05) is 20.8 Å². The van der Waals surface area contributed by atoms with Crippen molar-refractivity contribution in [1.82, 2.24) is 4.90 Å². The first kappa shape index (κ1) is 12.4. The molecule has 2 rings (SSSR count). The van der Waals surface area contributed by atoms with Gasteiger partial charge in [0.15, 0.2) is 5.78 Å². The number of hydrogen-bond donors (Lipinski definition) is 0. The Bertz CT molecular complexity index is 332. The summed E-state index contributed by atoms with van der Waals surface area (Å²) < 4.78 is 5.40. The van der Waals surface area contributed by atoms with Crippen molar-refractivity contribution in [1.29, 1.82) is 0 Å². The first-order valence-electron chi connectivity index (χ1n) is 6.42. The fourth-order valence-electron chi connectivity index (χ4n) is 2.75. The number of ketones is 1. The molecule has 96 valence electrons. The van der Waals surface area contributed by atoms with Crippen LogP contribution in [0.5, 0.6) is 0 Å². The molecule has 2 saturated heterocycles. The van der Waals surface area contributed by atoms with Gasteiger partial charge in [-0.3, -0.25) is 9.69 Å². The van der Waals surface area contributed by atoms with Crippen LogP contribution in [0.15, 0.2) is 0 Å². The molecule has 4 heteroatoms. The van der Waals surface area contributed by atoms with Crippen molar-refractivity contribution in [2.24, 2.45) is 0 Å². The Balaban J connectivity index is 2.13. The molecule has 0 aromatic heterocycles. The quantitative estimate of drug-likeness (QED) is 0.652. The van der Waals surface area contributed by atoms with Crippen molar-refractivity contribution in [2.45, 2.75) is 70.6 Å². The van der Waals surface area contributed by atoms with Gasteiger partial charge in [-0.15, -0.1) is 0 Å². The van der Waals surface area contributed by atoms with E-state index >= 15 is 0 Å². The minimum atomic E-state index is -0.494. The molecule has 1 amide bonds. The van der Waals surface area contributed by atoms with E-state index in [1.54, 1.807) is 4.90 Å². The lowest BCUT2D eigenvalue weighted by Crippen LogP contribution is -2.57. The number of fused-ring (bicyclic) bond motifs is 2. The van der Waals surface area contributed by atoms with Crippen LogP contribution < -0.4 is 0 Å². The van der Waals surface area contributed by atoms with Crippen LogP contribution in [-0.4, -0.2) is 34.5 Å². The van der Waals surface area contributed by atoms with Crippen molar-refractivity contribution in [2.75, 3.05) is 0 Å². The van der Waals surface area contributed by atoms with Gasteiger partial charge >= 0.3 is 6.09 Å². The van der Waals surface area contributed by atoms with Gasteiger partial charge in [0.05, 0.1) is 6.04 Å². The van der Waals surface area contributed by atoms with Gasteiger partial charge in [-0.2, -0.15) is 0 Å². The smallest absolute Gasteiger partial charge is 0.411 e. The van der Waals surface area contributed by atoms with Crippen LogP contribution in [0, 0.1) is 0 Å². The maximum Gasteiger partial charge on any atom is 0.411 e. The highest BCUT2D eigenvalue weighted by Crippen LogP contribution is 2.33. The molecule has 0 unspecified atom stereocenters. The van der Waals surface area contributed by atoms with Crippen molar-refractivity contribution < 1.29 is 14.3 Å². The van der Waals surface area contributed by atoms with Crippen LogP contribution in [0.2, 0.25) is 0 Å². The topological polar surface area (TPSA) is 46.6 Å². The molecule has 0 aromatic rings. The molecule has 2 heterocycles. The van der Waals surface area contributed by atoms with E-state index in [-0.39, 0.29) is 24.0 Å². The molecule has 0 saturated carbocycles. The predicted molar refractivity (Wildman–Crippen MR) is 63.7 cm³/mol. The van der Waals surface area contributed by atoms with Gasteiger partial charge in [-0.1, -0.05) is 0 Å². The molecular formula is C13H21NO3. The Kier molecular flexibility index (Phi) is 3.15. The molecule has 0 radical (unpaired) electrons.